The third kappa shape index (κ3) is 4.20. The number of rotatable bonds is 5. The van der Waals surface area contributed by atoms with Gasteiger partial charge in [0.05, 0.1) is 10.6 Å². The summed E-state index contributed by atoms with van der Waals surface area (Å²) in [5, 5.41) is 2.90. The molecule has 0 fully saturated rings. The molecule has 0 saturated carbocycles. The molecule has 3 aromatic carbocycles. The number of hydrogen-bond donors (Lipinski definition) is 1. The first kappa shape index (κ1) is 20.2. The molecule has 0 saturated heterocycles. The van der Waals surface area contributed by atoms with Gasteiger partial charge >= 0.3 is 0 Å². The van der Waals surface area contributed by atoms with Crippen molar-refractivity contribution in [2.75, 3.05) is 18.2 Å². The van der Waals surface area contributed by atoms with Crippen LogP contribution in [0, 0.1) is 0 Å². The number of fused-ring (bicyclic) bond motifs is 2. The van der Waals surface area contributed by atoms with Gasteiger partial charge in [-0.25, -0.2) is 0 Å². The molecule has 3 aromatic rings. The summed E-state index contributed by atoms with van der Waals surface area (Å²) in [5.74, 6) is 0.947. The lowest BCUT2D eigenvalue weighted by Gasteiger charge is -2.29. The quantitative estimate of drug-likeness (QED) is 0.597. The summed E-state index contributed by atoms with van der Waals surface area (Å²) in [6.45, 7) is 0.478. The second-order valence-corrected chi connectivity index (χ2v) is 8.43. The molecule has 1 N–H and O–H groups in total. The van der Waals surface area contributed by atoms with E-state index in [1.807, 2.05) is 78.9 Å². The van der Waals surface area contributed by atoms with Crippen LogP contribution in [0.25, 0.3) is 6.08 Å². The van der Waals surface area contributed by atoms with Crippen LogP contribution in [0.2, 0.25) is 0 Å². The van der Waals surface area contributed by atoms with Gasteiger partial charge in [0.1, 0.15) is 6.54 Å². The zero-order chi connectivity index (χ0) is 21.9. The maximum Gasteiger partial charge on any atom is 0.265 e. The van der Waals surface area contributed by atoms with E-state index < -0.39 is 0 Å². The Morgan fingerprint density at radius 2 is 1.78 bits per heavy atom. The van der Waals surface area contributed by atoms with Gasteiger partial charge in [-0.2, -0.15) is 0 Å². The molecule has 0 bridgehead atoms. The molecule has 0 radical (unpaired) electrons. The second-order valence-electron chi connectivity index (χ2n) is 7.34. The highest BCUT2D eigenvalue weighted by Crippen LogP contribution is 2.41. The van der Waals surface area contributed by atoms with Crippen molar-refractivity contribution in [3.8, 4) is 11.5 Å². The van der Waals surface area contributed by atoms with E-state index in [4.69, 9.17) is 9.47 Å². The highest BCUT2D eigenvalue weighted by Gasteiger charge is 2.30. The monoisotopic (exact) mass is 444 g/mol. The Kier molecular flexibility index (Phi) is 5.56. The summed E-state index contributed by atoms with van der Waals surface area (Å²) in [4.78, 5) is 29.1. The molecule has 5 rings (SSSR count). The molecule has 2 amide bonds. The first-order valence-electron chi connectivity index (χ1n) is 10.2. The number of para-hydroxylation sites is 1. The van der Waals surface area contributed by atoms with Gasteiger partial charge in [0.25, 0.3) is 5.91 Å². The topological polar surface area (TPSA) is 67.9 Å². The maximum atomic E-state index is 13.3. The summed E-state index contributed by atoms with van der Waals surface area (Å²) >= 11 is 1.42. The normalized spacial score (nSPS) is 15.6. The van der Waals surface area contributed by atoms with Crippen LogP contribution in [0.1, 0.15) is 11.1 Å². The standard InChI is InChI=1S/C25H20N2O4S/c28-24(26-14-18-10-11-20-21(12-18)31-16-30-20)15-27-19-8-4-5-9-22(19)32-23(25(27)29)13-17-6-2-1-3-7-17/h1-13H,14-16H2,(H,26,28). The zero-order valence-corrected chi connectivity index (χ0v) is 17.9. The predicted molar refractivity (Wildman–Crippen MR) is 123 cm³/mol. The smallest absolute Gasteiger partial charge is 0.265 e. The molecule has 6 nitrogen and oxygen atoms in total. The van der Waals surface area contributed by atoms with E-state index in [0.29, 0.717) is 22.9 Å². The van der Waals surface area contributed by atoms with Crippen molar-refractivity contribution < 1.29 is 19.1 Å². The summed E-state index contributed by atoms with van der Waals surface area (Å²) in [5.41, 5.74) is 2.58. The van der Waals surface area contributed by atoms with E-state index in [0.717, 1.165) is 21.7 Å². The minimum atomic E-state index is -0.239. The van der Waals surface area contributed by atoms with E-state index in [9.17, 15) is 9.59 Å². The van der Waals surface area contributed by atoms with Gasteiger partial charge < -0.3 is 14.8 Å². The number of nitrogens with zero attached hydrogens (tertiary/aromatic N) is 1. The molecule has 2 heterocycles. The van der Waals surface area contributed by atoms with Gasteiger partial charge in [0, 0.05) is 11.4 Å². The van der Waals surface area contributed by atoms with Gasteiger partial charge in [-0.15, -0.1) is 0 Å². The van der Waals surface area contributed by atoms with Gasteiger partial charge in [0.15, 0.2) is 11.5 Å². The fraction of sp³-hybridized carbons (Fsp3) is 0.120. The molecule has 2 aliphatic rings. The minimum Gasteiger partial charge on any atom is -0.454 e. The Balaban J connectivity index is 1.32. The van der Waals surface area contributed by atoms with Gasteiger partial charge in [-0.1, -0.05) is 60.3 Å². The lowest BCUT2D eigenvalue weighted by molar-refractivity contribution is -0.122. The lowest BCUT2D eigenvalue weighted by Crippen LogP contribution is -2.42. The summed E-state index contributed by atoms with van der Waals surface area (Å²) in [7, 11) is 0. The number of carbonyl (C=O) groups is 2. The van der Waals surface area contributed by atoms with Crippen molar-refractivity contribution >= 4 is 35.3 Å². The van der Waals surface area contributed by atoms with Crippen LogP contribution in [0.3, 0.4) is 0 Å². The van der Waals surface area contributed by atoms with Crippen LogP contribution < -0.4 is 19.7 Å². The van der Waals surface area contributed by atoms with Crippen LogP contribution in [-0.4, -0.2) is 25.2 Å². The van der Waals surface area contributed by atoms with Gasteiger partial charge in [-0.3, -0.25) is 14.5 Å². The summed E-state index contributed by atoms with van der Waals surface area (Å²) in [6, 6.07) is 22.9. The average Bonchev–Trinajstić information content (AvgIpc) is 3.29. The van der Waals surface area contributed by atoms with Crippen LogP contribution >= 0.6 is 11.8 Å². The number of hydrogen-bond acceptors (Lipinski definition) is 5. The number of carbonyl (C=O) groups excluding carboxylic acids is 2. The molecule has 2 aliphatic heterocycles. The Morgan fingerprint density at radius 3 is 2.66 bits per heavy atom. The van der Waals surface area contributed by atoms with E-state index >= 15 is 0 Å². The molecular weight excluding hydrogens is 424 g/mol. The Morgan fingerprint density at radius 1 is 1.00 bits per heavy atom. The molecule has 0 atom stereocenters. The van der Waals surface area contributed by atoms with Crippen molar-refractivity contribution in [3.05, 3.63) is 88.8 Å². The van der Waals surface area contributed by atoms with Crippen molar-refractivity contribution in [1.82, 2.24) is 5.32 Å². The number of thioether (sulfide) groups is 1. The van der Waals surface area contributed by atoms with Gasteiger partial charge in [-0.05, 0) is 41.5 Å². The van der Waals surface area contributed by atoms with E-state index in [2.05, 4.69) is 5.32 Å². The summed E-state index contributed by atoms with van der Waals surface area (Å²) < 4.78 is 10.7. The van der Waals surface area contributed by atoms with Crippen LogP contribution in [0.5, 0.6) is 11.5 Å². The molecule has 0 aromatic heterocycles. The van der Waals surface area contributed by atoms with Crippen molar-refractivity contribution in [2.24, 2.45) is 0 Å². The number of ether oxygens (including phenoxy) is 2. The molecule has 0 spiro atoms. The van der Waals surface area contributed by atoms with Crippen LogP contribution in [-0.2, 0) is 16.1 Å². The molecule has 0 unspecified atom stereocenters. The fourth-order valence-corrected chi connectivity index (χ4v) is 4.63. The largest absolute Gasteiger partial charge is 0.454 e. The fourth-order valence-electron chi connectivity index (χ4n) is 3.57. The van der Waals surface area contributed by atoms with Crippen molar-refractivity contribution in [2.45, 2.75) is 11.4 Å². The van der Waals surface area contributed by atoms with E-state index in [-0.39, 0.29) is 25.2 Å². The lowest BCUT2D eigenvalue weighted by atomic mass is 10.2. The first-order valence-corrected chi connectivity index (χ1v) is 11.0. The zero-order valence-electron chi connectivity index (χ0n) is 17.1. The molecule has 7 heteroatoms. The SMILES string of the molecule is O=C(CN1C(=O)C(=Cc2ccccc2)Sc2ccccc21)NCc1ccc2c(c1)OCO2. The number of anilines is 1. The average molecular weight is 445 g/mol. The number of amides is 2. The Hall–Kier alpha value is -3.71. The molecule has 32 heavy (non-hydrogen) atoms. The van der Waals surface area contributed by atoms with Crippen molar-refractivity contribution in [3.63, 3.8) is 0 Å². The van der Waals surface area contributed by atoms with Crippen molar-refractivity contribution in [1.29, 1.82) is 0 Å². The van der Waals surface area contributed by atoms with E-state index in [1.54, 1.807) is 0 Å². The summed E-state index contributed by atoms with van der Waals surface area (Å²) in [6.07, 6.45) is 1.86. The van der Waals surface area contributed by atoms with Crippen LogP contribution in [0.15, 0.2) is 82.6 Å². The Labute approximate surface area is 189 Å². The Bertz CT molecular complexity index is 1210. The first-order chi connectivity index (χ1) is 15.7. The minimum absolute atomic E-state index is 0.0624. The second kappa shape index (κ2) is 8.80. The van der Waals surface area contributed by atoms with Crippen LogP contribution in [0.4, 0.5) is 5.69 Å². The number of benzene rings is 3. The van der Waals surface area contributed by atoms with E-state index in [1.165, 1.54) is 16.7 Å². The predicted octanol–water partition coefficient (Wildman–Crippen LogP) is 4.21. The highest BCUT2D eigenvalue weighted by atomic mass is 32.2. The molecule has 160 valence electrons. The molecule has 0 aliphatic carbocycles. The third-order valence-corrected chi connectivity index (χ3v) is 6.24. The third-order valence-electron chi connectivity index (χ3n) is 5.16. The number of nitrogens with one attached hydrogen (secondary N) is 1. The van der Waals surface area contributed by atoms with Gasteiger partial charge in [0.2, 0.25) is 12.7 Å². The maximum absolute atomic E-state index is 13.3. The molecular formula is C25H20N2O4S. The highest BCUT2D eigenvalue weighted by molar-refractivity contribution is 8.04.